The van der Waals surface area contributed by atoms with Gasteiger partial charge in [-0.3, -0.25) is 0 Å². The Bertz CT molecular complexity index is 484. The van der Waals surface area contributed by atoms with E-state index in [1.807, 2.05) is 0 Å². The highest BCUT2D eigenvalue weighted by molar-refractivity contribution is 5.94. The molecule has 7 heteroatoms. The van der Waals surface area contributed by atoms with Crippen molar-refractivity contribution in [2.45, 2.75) is 6.92 Å². The molecule has 7 nitrogen and oxygen atoms in total. The summed E-state index contributed by atoms with van der Waals surface area (Å²) in [5.41, 5.74) is 1.05. The van der Waals surface area contributed by atoms with Gasteiger partial charge in [0.25, 0.3) is 0 Å². The lowest BCUT2D eigenvalue weighted by molar-refractivity contribution is 0.0696. The lowest BCUT2D eigenvalue weighted by Crippen LogP contribution is -2.39. The van der Waals surface area contributed by atoms with Gasteiger partial charge in [-0.1, -0.05) is 6.07 Å². The number of aliphatic hydroxyl groups excluding tert-OH is 2. The van der Waals surface area contributed by atoms with Gasteiger partial charge in [0, 0.05) is 18.8 Å². The van der Waals surface area contributed by atoms with E-state index in [0.29, 0.717) is 11.3 Å². The maximum Gasteiger partial charge on any atom is 0.336 e. The number of anilines is 1. The number of aryl methyl sites for hydroxylation is 1. The van der Waals surface area contributed by atoms with Gasteiger partial charge >= 0.3 is 12.0 Å². The monoisotopic (exact) mass is 282 g/mol. The normalized spacial score (nSPS) is 10.2. The molecule has 1 rings (SSSR count). The van der Waals surface area contributed by atoms with Crippen LogP contribution in [0, 0.1) is 6.92 Å². The van der Waals surface area contributed by atoms with Crippen LogP contribution >= 0.6 is 0 Å². The summed E-state index contributed by atoms with van der Waals surface area (Å²) >= 11 is 0. The second kappa shape index (κ2) is 7.46. The van der Waals surface area contributed by atoms with E-state index in [4.69, 9.17) is 15.3 Å². The zero-order chi connectivity index (χ0) is 15.1. The first-order valence-corrected chi connectivity index (χ1v) is 6.11. The summed E-state index contributed by atoms with van der Waals surface area (Å²) in [4.78, 5) is 24.1. The predicted molar refractivity (Wildman–Crippen MR) is 72.9 cm³/mol. The number of nitrogens with zero attached hydrogens (tertiary/aromatic N) is 1. The van der Waals surface area contributed by atoms with Gasteiger partial charge in [-0.25, -0.2) is 9.59 Å². The van der Waals surface area contributed by atoms with Crippen LogP contribution in [-0.4, -0.2) is 58.5 Å². The van der Waals surface area contributed by atoms with Gasteiger partial charge in [0.05, 0.1) is 18.8 Å². The molecule has 0 bridgehead atoms. The summed E-state index contributed by atoms with van der Waals surface area (Å²) in [6.07, 6.45) is 0. The van der Waals surface area contributed by atoms with Crippen molar-refractivity contribution in [2.75, 3.05) is 31.6 Å². The first-order chi connectivity index (χ1) is 9.49. The first kappa shape index (κ1) is 15.9. The number of carboxylic acids is 1. The topological polar surface area (TPSA) is 110 Å². The highest BCUT2D eigenvalue weighted by Crippen LogP contribution is 2.15. The van der Waals surface area contributed by atoms with Gasteiger partial charge in [-0.05, 0) is 24.6 Å². The maximum atomic E-state index is 11.9. The zero-order valence-electron chi connectivity index (χ0n) is 11.2. The summed E-state index contributed by atoms with van der Waals surface area (Å²) in [5, 5.41) is 29.2. The number of aliphatic hydroxyl groups is 2. The number of hydrogen-bond donors (Lipinski definition) is 4. The van der Waals surface area contributed by atoms with Crippen molar-refractivity contribution < 1.29 is 24.9 Å². The number of carboxylic acid groups (broad SMARTS) is 1. The summed E-state index contributed by atoms with van der Waals surface area (Å²) in [5.74, 6) is -1.07. The molecule has 0 radical (unpaired) electrons. The number of amides is 2. The summed E-state index contributed by atoms with van der Waals surface area (Å²) in [6.45, 7) is 1.40. The Balaban J connectivity index is 2.84. The third kappa shape index (κ3) is 4.22. The van der Waals surface area contributed by atoms with Crippen molar-refractivity contribution in [3.8, 4) is 0 Å². The van der Waals surface area contributed by atoms with Crippen LogP contribution in [0.5, 0.6) is 0 Å². The molecule has 0 saturated carbocycles. The third-order valence-electron chi connectivity index (χ3n) is 2.75. The van der Waals surface area contributed by atoms with Gasteiger partial charge in [-0.15, -0.1) is 0 Å². The molecule has 0 fully saturated rings. The van der Waals surface area contributed by atoms with Crippen molar-refractivity contribution in [3.05, 3.63) is 29.3 Å². The van der Waals surface area contributed by atoms with Crippen LogP contribution in [0.2, 0.25) is 0 Å². The number of rotatable bonds is 6. The fourth-order valence-electron chi connectivity index (χ4n) is 1.69. The Morgan fingerprint density at radius 3 is 2.30 bits per heavy atom. The predicted octanol–water partition coefficient (Wildman–Crippen LogP) is 0.512. The molecule has 0 aliphatic heterocycles. The summed E-state index contributed by atoms with van der Waals surface area (Å²) < 4.78 is 0. The smallest absolute Gasteiger partial charge is 0.336 e. The highest BCUT2D eigenvalue weighted by atomic mass is 16.4. The van der Waals surface area contributed by atoms with Crippen molar-refractivity contribution in [2.24, 2.45) is 0 Å². The minimum absolute atomic E-state index is 0.0873. The van der Waals surface area contributed by atoms with Gasteiger partial charge < -0.3 is 25.5 Å². The van der Waals surface area contributed by atoms with E-state index in [9.17, 15) is 9.59 Å². The number of urea groups is 1. The van der Waals surface area contributed by atoms with Crippen LogP contribution in [0.3, 0.4) is 0 Å². The Kier molecular flexibility index (Phi) is 5.95. The van der Waals surface area contributed by atoms with E-state index in [1.54, 1.807) is 19.1 Å². The van der Waals surface area contributed by atoms with E-state index >= 15 is 0 Å². The Hall–Kier alpha value is -2.12. The molecule has 1 aromatic rings. The summed E-state index contributed by atoms with van der Waals surface area (Å²) in [7, 11) is 0. The van der Waals surface area contributed by atoms with Crippen LogP contribution in [0.1, 0.15) is 15.9 Å². The Labute approximate surface area is 116 Å². The fourth-order valence-corrected chi connectivity index (χ4v) is 1.69. The molecule has 110 valence electrons. The molecule has 0 aliphatic carbocycles. The molecule has 0 atom stereocenters. The van der Waals surface area contributed by atoms with Crippen molar-refractivity contribution >= 4 is 17.7 Å². The van der Waals surface area contributed by atoms with Crippen molar-refractivity contribution in [3.63, 3.8) is 0 Å². The molecule has 20 heavy (non-hydrogen) atoms. The van der Waals surface area contributed by atoms with Crippen LogP contribution in [0.15, 0.2) is 18.2 Å². The second-order valence-electron chi connectivity index (χ2n) is 4.20. The molecular formula is C13H18N2O5. The molecule has 0 aromatic heterocycles. The van der Waals surface area contributed by atoms with Gasteiger partial charge in [0.2, 0.25) is 0 Å². The lowest BCUT2D eigenvalue weighted by atomic mass is 10.1. The fraction of sp³-hybridized carbons (Fsp3) is 0.385. The average Bonchev–Trinajstić information content (AvgIpc) is 2.40. The highest BCUT2D eigenvalue weighted by Gasteiger charge is 2.14. The number of nitrogens with one attached hydrogen (secondary N) is 1. The SMILES string of the molecule is Cc1ccc(NC(=O)N(CCO)CCO)cc1C(=O)O. The molecule has 0 heterocycles. The molecule has 0 saturated heterocycles. The number of benzene rings is 1. The second-order valence-corrected chi connectivity index (χ2v) is 4.20. The van der Waals surface area contributed by atoms with Gasteiger partial charge in [-0.2, -0.15) is 0 Å². The van der Waals surface area contributed by atoms with E-state index in [2.05, 4.69) is 5.32 Å². The van der Waals surface area contributed by atoms with Crippen LogP contribution in [0.25, 0.3) is 0 Å². The van der Waals surface area contributed by atoms with Crippen LogP contribution in [0.4, 0.5) is 10.5 Å². The van der Waals surface area contributed by atoms with E-state index in [0.717, 1.165) is 0 Å². The Morgan fingerprint density at radius 1 is 1.20 bits per heavy atom. The number of aromatic carboxylic acids is 1. The molecule has 0 unspecified atom stereocenters. The average molecular weight is 282 g/mol. The van der Waals surface area contributed by atoms with Gasteiger partial charge in [0.1, 0.15) is 0 Å². The van der Waals surface area contributed by atoms with Crippen molar-refractivity contribution in [1.29, 1.82) is 0 Å². The standard InChI is InChI=1S/C13H18N2O5/c1-9-2-3-10(8-11(9)12(18)19)14-13(20)15(4-6-16)5-7-17/h2-3,8,16-17H,4-7H2,1H3,(H,14,20)(H,18,19). The first-order valence-electron chi connectivity index (χ1n) is 6.11. The molecule has 1 aromatic carbocycles. The van der Waals surface area contributed by atoms with E-state index < -0.39 is 12.0 Å². The molecule has 0 aliphatic rings. The Morgan fingerprint density at radius 2 is 1.80 bits per heavy atom. The van der Waals surface area contributed by atoms with Crippen LogP contribution in [-0.2, 0) is 0 Å². The number of carbonyl (C=O) groups is 2. The number of hydrogen-bond acceptors (Lipinski definition) is 4. The molecule has 0 spiro atoms. The van der Waals surface area contributed by atoms with E-state index in [-0.39, 0.29) is 31.9 Å². The minimum atomic E-state index is -1.07. The van der Waals surface area contributed by atoms with Crippen LogP contribution < -0.4 is 5.32 Å². The molecule has 2 amide bonds. The number of carbonyl (C=O) groups excluding carboxylic acids is 1. The summed E-state index contributed by atoms with van der Waals surface area (Å²) in [6, 6.07) is 4.05. The van der Waals surface area contributed by atoms with Crippen molar-refractivity contribution in [1.82, 2.24) is 4.90 Å². The zero-order valence-corrected chi connectivity index (χ0v) is 11.2. The lowest BCUT2D eigenvalue weighted by Gasteiger charge is -2.21. The quantitative estimate of drug-likeness (QED) is 0.607. The third-order valence-corrected chi connectivity index (χ3v) is 2.75. The largest absolute Gasteiger partial charge is 0.478 e. The minimum Gasteiger partial charge on any atom is -0.478 e. The van der Waals surface area contributed by atoms with E-state index in [1.165, 1.54) is 11.0 Å². The maximum absolute atomic E-state index is 11.9. The molecular weight excluding hydrogens is 264 g/mol. The molecule has 4 N–H and O–H groups in total. The van der Waals surface area contributed by atoms with Gasteiger partial charge in [0.15, 0.2) is 0 Å².